The first-order valence-electron chi connectivity index (χ1n) is 6.61. The third-order valence-corrected chi connectivity index (χ3v) is 3.93. The fourth-order valence-corrected chi connectivity index (χ4v) is 2.93. The van der Waals surface area contributed by atoms with Crippen LogP contribution in [-0.4, -0.2) is 34.1 Å². The highest BCUT2D eigenvalue weighted by atomic mass is 35.5. The molecule has 3 rings (SSSR count). The van der Waals surface area contributed by atoms with E-state index in [1.54, 1.807) is 0 Å². The lowest BCUT2D eigenvalue weighted by atomic mass is 10.3. The third-order valence-electron chi connectivity index (χ3n) is 3.69. The van der Waals surface area contributed by atoms with Crippen molar-refractivity contribution in [3.05, 3.63) is 30.1 Å². The van der Waals surface area contributed by atoms with E-state index in [-0.39, 0.29) is 0 Å². The number of hydrogen-bond donors (Lipinski definition) is 0. The average Bonchev–Trinajstić information content (AvgIpc) is 3.03. The first kappa shape index (κ1) is 12.0. The Bertz CT molecular complexity index is 529. The van der Waals surface area contributed by atoms with E-state index in [0.29, 0.717) is 5.88 Å². The van der Waals surface area contributed by atoms with Gasteiger partial charge in [0, 0.05) is 13.1 Å². The summed E-state index contributed by atoms with van der Waals surface area (Å²) in [5.74, 6) is 1.46. The number of benzene rings is 1. The molecule has 1 aliphatic heterocycles. The Balaban J connectivity index is 1.84. The van der Waals surface area contributed by atoms with Crippen molar-refractivity contribution >= 4 is 22.6 Å². The van der Waals surface area contributed by atoms with Gasteiger partial charge in [-0.3, -0.25) is 0 Å². The molecule has 0 atom stereocenters. The van der Waals surface area contributed by atoms with E-state index >= 15 is 0 Å². The molecule has 1 saturated heterocycles. The van der Waals surface area contributed by atoms with Crippen molar-refractivity contribution in [1.29, 1.82) is 0 Å². The minimum atomic E-state index is 0.481. The van der Waals surface area contributed by atoms with E-state index in [9.17, 15) is 0 Å². The van der Waals surface area contributed by atoms with Crippen LogP contribution in [0.3, 0.4) is 0 Å². The summed E-state index contributed by atoms with van der Waals surface area (Å²) in [6.07, 6.45) is 2.68. The van der Waals surface area contributed by atoms with Gasteiger partial charge in [-0.25, -0.2) is 4.98 Å². The Hall–Kier alpha value is -1.06. The number of likely N-dealkylation sites (tertiary alicyclic amines) is 1. The number of para-hydroxylation sites is 2. The highest BCUT2D eigenvalue weighted by Crippen LogP contribution is 2.18. The zero-order chi connectivity index (χ0) is 12.4. The predicted octanol–water partition coefficient (Wildman–Crippen LogP) is 2.87. The van der Waals surface area contributed by atoms with Crippen LogP contribution in [0.1, 0.15) is 18.7 Å². The minimum Gasteiger partial charge on any atom is -0.326 e. The molecule has 2 aromatic rings. The fourth-order valence-electron chi connectivity index (χ4n) is 2.72. The second-order valence-corrected chi connectivity index (χ2v) is 5.12. The molecule has 0 aliphatic carbocycles. The van der Waals surface area contributed by atoms with Crippen LogP contribution in [0.25, 0.3) is 11.0 Å². The van der Waals surface area contributed by atoms with Gasteiger partial charge in [0.2, 0.25) is 0 Å². The van der Waals surface area contributed by atoms with Crippen molar-refractivity contribution < 1.29 is 0 Å². The average molecular weight is 264 g/mol. The quantitative estimate of drug-likeness (QED) is 0.791. The summed E-state index contributed by atoms with van der Waals surface area (Å²) in [7, 11) is 0. The second-order valence-electron chi connectivity index (χ2n) is 4.85. The van der Waals surface area contributed by atoms with Crippen LogP contribution < -0.4 is 0 Å². The Morgan fingerprint density at radius 1 is 1.11 bits per heavy atom. The van der Waals surface area contributed by atoms with Gasteiger partial charge in [0.15, 0.2) is 0 Å². The SMILES string of the molecule is ClCc1nc2ccccc2n1CCN1CCCC1. The van der Waals surface area contributed by atoms with E-state index in [1.165, 1.54) is 31.4 Å². The number of fused-ring (bicyclic) bond motifs is 1. The third kappa shape index (κ3) is 2.25. The Morgan fingerprint density at radius 2 is 1.89 bits per heavy atom. The molecule has 4 heteroatoms. The molecule has 0 radical (unpaired) electrons. The Morgan fingerprint density at radius 3 is 2.67 bits per heavy atom. The summed E-state index contributed by atoms with van der Waals surface area (Å²) in [5.41, 5.74) is 2.25. The lowest BCUT2D eigenvalue weighted by molar-refractivity contribution is 0.323. The van der Waals surface area contributed by atoms with E-state index < -0.39 is 0 Å². The van der Waals surface area contributed by atoms with Crippen molar-refractivity contribution in [2.45, 2.75) is 25.3 Å². The van der Waals surface area contributed by atoms with E-state index in [1.807, 2.05) is 6.07 Å². The van der Waals surface area contributed by atoms with Gasteiger partial charge < -0.3 is 9.47 Å². The smallest absolute Gasteiger partial charge is 0.124 e. The lowest BCUT2D eigenvalue weighted by Crippen LogP contribution is -2.24. The fraction of sp³-hybridized carbons (Fsp3) is 0.500. The molecule has 2 heterocycles. The number of rotatable bonds is 4. The van der Waals surface area contributed by atoms with Gasteiger partial charge in [-0.1, -0.05) is 12.1 Å². The highest BCUT2D eigenvalue weighted by Gasteiger charge is 2.13. The van der Waals surface area contributed by atoms with Gasteiger partial charge in [0.05, 0.1) is 16.9 Å². The van der Waals surface area contributed by atoms with Crippen molar-refractivity contribution in [2.24, 2.45) is 0 Å². The maximum atomic E-state index is 6.00. The van der Waals surface area contributed by atoms with E-state index in [4.69, 9.17) is 11.6 Å². The molecule has 0 bridgehead atoms. The highest BCUT2D eigenvalue weighted by molar-refractivity contribution is 6.16. The molecule has 18 heavy (non-hydrogen) atoms. The summed E-state index contributed by atoms with van der Waals surface area (Å²) in [4.78, 5) is 7.11. The summed E-state index contributed by atoms with van der Waals surface area (Å²) in [5, 5.41) is 0. The first-order chi connectivity index (χ1) is 8.88. The molecular weight excluding hydrogens is 246 g/mol. The summed E-state index contributed by atoms with van der Waals surface area (Å²) in [6, 6.07) is 8.27. The largest absolute Gasteiger partial charge is 0.326 e. The molecule has 1 fully saturated rings. The van der Waals surface area contributed by atoms with Crippen molar-refractivity contribution in [1.82, 2.24) is 14.5 Å². The molecule has 0 spiro atoms. The molecule has 1 aliphatic rings. The maximum absolute atomic E-state index is 6.00. The minimum absolute atomic E-state index is 0.481. The molecule has 0 saturated carbocycles. The molecule has 96 valence electrons. The van der Waals surface area contributed by atoms with E-state index in [2.05, 4.69) is 32.7 Å². The zero-order valence-corrected chi connectivity index (χ0v) is 11.2. The summed E-state index contributed by atoms with van der Waals surface area (Å²) in [6.45, 7) is 4.57. The van der Waals surface area contributed by atoms with Crippen molar-refractivity contribution in [3.63, 3.8) is 0 Å². The van der Waals surface area contributed by atoms with Gasteiger partial charge >= 0.3 is 0 Å². The van der Waals surface area contributed by atoms with Crippen LogP contribution in [0.2, 0.25) is 0 Å². The number of nitrogens with zero attached hydrogens (tertiary/aromatic N) is 3. The number of aromatic nitrogens is 2. The normalized spacial score (nSPS) is 16.7. The molecular formula is C14H18ClN3. The topological polar surface area (TPSA) is 21.1 Å². The predicted molar refractivity (Wildman–Crippen MR) is 75.0 cm³/mol. The molecule has 1 aromatic carbocycles. The number of hydrogen-bond acceptors (Lipinski definition) is 2. The van der Waals surface area contributed by atoms with E-state index in [0.717, 1.165) is 24.4 Å². The van der Waals surface area contributed by atoms with Crippen LogP contribution in [0.5, 0.6) is 0 Å². The zero-order valence-electron chi connectivity index (χ0n) is 10.5. The molecule has 0 N–H and O–H groups in total. The Kier molecular flexibility index (Phi) is 3.52. The molecule has 1 aromatic heterocycles. The van der Waals surface area contributed by atoms with Crippen LogP contribution >= 0.6 is 11.6 Å². The summed E-state index contributed by atoms with van der Waals surface area (Å²) >= 11 is 6.00. The molecule has 0 unspecified atom stereocenters. The molecule has 3 nitrogen and oxygen atoms in total. The van der Waals surface area contributed by atoms with Gasteiger partial charge in [-0.2, -0.15) is 0 Å². The first-order valence-corrected chi connectivity index (χ1v) is 7.14. The van der Waals surface area contributed by atoms with Gasteiger partial charge in [-0.15, -0.1) is 11.6 Å². The second kappa shape index (κ2) is 5.29. The monoisotopic (exact) mass is 263 g/mol. The van der Waals surface area contributed by atoms with Crippen molar-refractivity contribution in [3.8, 4) is 0 Å². The number of halogens is 1. The number of imidazole rings is 1. The van der Waals surface area contributed by atoms with Crippen molar-refractivity contribution in [2.75, 3.05) is 19.6 Å². The molecule has 0 amide bonds. The van der Waals surface area contributed by atoms with Gasteiger partial charge in [-0.05, 0) is 38.1 Å². The number of alkyl halides is 1. The lowest BCUT2D eigenvalue weighted by Gasteiger charge is -2.16. The van der Waals surface area contributed by atoms with Gasteiger partial charge in [0.25, 0.3) is 0 Å². The standard InChI is InChI=1S/C14H18ClN3/c15-11-14-16-12-5-1-2-6-13(12)18(14)10-9-17-7-3-4-8-17/h1-2,5-6H,3-4,7-11H2. The van der Waals surface area contributed by atoms with Crippen LogP contribution in [0.4, 0.5) is 0 Å². The maximum Gasteiger partial charge on any atom is 0.124 e. The van der Waals surface area contributed by atoms with Crippen LogP contribution in [0, 0.1) is 0 Å². The van der Waals surface area contributed by atoms with Gasteiger partial charge in [0.1, 0.15) is 5.82 Å². The van der Waals surface area contributed by atoms with Crippen LogP contribution in [-0.2, 0) is 12.4 Å². The Labute approximate surface area is 112 Å². The van der Waals surface area contributed by atoms with Crippen LogP contribution in [0.15, 0.2) is 24.3 Å². The summed E-state index contributed by atoms with van der Waals surface area (Å²) < 4.78 is 2.26.